The monoisotopic (exact) mass is 227 g/mol. The van der Waals surface area contributed by atoms with Gasteiger partial charge in [-0.25, -0.2) is 0 Å². The van der Waals surface area contributed by atoms with Gasteiger partial charge in [-0.3, -0.25) is 4.79 Å². The van der Waals surface area contributed by atoms with E-state index >= 15 is 0 Å². The van der Waals surface area contributed by atoms with Gasteiger partial charge in [0.15, 0.2) is 0 Å². The van der Waals surface area contributed by atoms with Crippen LogP contribution >= 0.6 is 0 Å². The van der Waals surface area contributed by atoms with Crippen molar-refractivity contribution < 1.29 is 9.90 Å². The molecule has 0 aromatic heterocycles. The maximum Gasteiger partial charge on any atom is 0.225 e. The topological polar surface area (TPSA) is 40.5 Å². The Morgan fingerprint density at radius 3 is 2.62 bits per heavy atom. The highest BCUT2D eigenvalue weighted by atomic mass is 16.3. The smallest absolute Gasteiger partial charge is 0.225 e. The van der Waals surface area contributed by atoms with Gasteiger partial charge in [0.2, 0.25) is 5.91 Å². The lowest BCUT2D eigenvalue weighted by atomic mass is 9.90. The number of nitrogens with zero attached hydrogens (tertiary/aromatic N) is 1. The summed E-state index contributed by atoms with van der Waals surface area (Å²) in [6.07, 6.45) is 5.65. The quantitative estimate of drug-likeness (QED) is 0.799. The molecule has 16 heavy (non-hydrogen) atoms. The molecule has 0 aliphatic heterocycles. The zero-order valence-corrected chi connectivity index (χ0v) is 10.8. The third kappa shape index (κ3) is 3.21. The van der Waals surface area contributed by atoms with E-state index < -0.39 is 0 Å². The first kappa shape index (κ1) is 13.5. The molecule has 3 heteroatoms. The maximum absolute atomic E-state index is 12.1. The van der Waals surface area contributed by atoms with Crippen molar-refractivity contribution >= 4 is 5.91 Å². The molecule has 1 aliphatic rings. The van der Waals surface area contributed by atoms with Crippen molar-refractivity contribution in [2.24, 2.45) is 5.92 Å². The third-order valence-electron chi connectivity index (χ3n) is 3.68. The average Bonchev–Trinajstić information content (AvgIpc) is 2.28. The second kappa shape index (κ2) is 6.24. The summed E-state index contributed by atoms with van der Waals surface area (Å²) in [6.45, 7) is 4.08. The molecular weight excluding hydrogens is 202 g/mol. The predicted molar refractivity (Wildman–Crippen MR) is 65.1 cm³/mol. The zero-order valence-electron chi connectivity index (χ0n) is 10.8. The lowest BCUT2D eigenvalue weighted by Gasteiger charge is -2.36. The first-order chi connectivity index (χ1) is 7.57. The van der Waals surface area contributed by atoms with Crippen molar-refractivity contribution in [2.45, 2.75) is 64.5 Å². The maximum atomic E-state index is 12.1. The number of hydrogen-bond donors (Lipinski definition) is 1. The van der Waals surface area contributed by atoms with Crippen molar-refractivity contribution in [3.05, 3.63) is 0 Å². The molecule has 94 valence electrons. The molecule has 1 N–H and O–H groups in total. The molecule has 1 saturated carbocycles. The Balaban J connectivity index is 2.54. The Morgan fingerprint density at radius 1 is 1.44 bits per heavy atom. The van der Waals surface area contributed by atoms with Gasteiger partial charge in [0, 0.05) is 13.0 Å². The van der Waals surface area contributed by atoms with Crippen LogP contribution in [0.4, 0.5) is 0 Å². The summed E-state index contributed by atoms with van der Waals surface area (Å²) in [5.74, 6) is 0.275. The van der Waals surface area contributed by atoms with E-state index in [4.69, 9.17) is 0 Å². The number of rotatable bonds is 4. The summed E-state index contributed by atoms with van der Waals surface area (Å²) in [4.78, 5) is 13.9. The van der Waals surface area contributed by atoms with Gasteiger partial charge in [-0.15, -0.1) is 0 Å². The molecule has 0 saturated heterocycles. The summed E-state index contributed by atoms with van der Waals surface area (Å²) < 4.78 is 0. The number of hydrogen-bond acceptors (Lipinski definition) is 2. The van der Waals surface area contributed by atoms with Crippen LogP contribution in [0, 0.1) is 5.92 Å². The highest BCUT2D eigenvalue weighted by Crippen LogP contribution is 2.24. The fourth-order valence-corrected chi connectivity index (χ4v) is 2.61. The minimum absolute atomic E-state index is 0.0422. The van der Waals surface area contributed by atoms with Crippen LogP contribution in [0.25, 0.3) is 0 Å². The number of amides is 1. The van der Waals surface area contributed by atoms with E-state index in [1.807, 2.05) is 14.0 Å². The molecule has 3 unspecified atom stereocenters. The molecule has 0 bridgehead atoms. The summed E-state index contributed by atoms with van der Waals surface area (Å²) in [5, 5.41) is 9.91. The molecule has 1 amide bonds. The van der Waals surface area contributed by atoms with Crippen LogP contribution in [0.1, 0.15) is 52.4 Å². The molecule has 1 fully saturated rings. The van der Waals surface area contributed by atoms with E-state index in [9.17, 15) is 9.90 Å². The van der Waals surface area contributed by atoms with Gasteiger partial charge in [0.25, 0.3) is 0 Å². The summed E-state index contributed by atoms with van der Waals surface area (Å²) in [5.41, 5.74) is 0. The van der Waals surface area contributed by atoms with Gasteiger partial charge in [0.1, 0.15) is 0 Å². The number of aliphatic hydroxyl groups is 1. The first-order valence-corrected chi connectivity index (χ1v) is 6.52. The fourth-order valence-electron chi connectivity index (χ4n) is 2.61. The van der Waals surface area contributed by atoms with Gasteiger partial charge >= 0.3 is 0 Å². The standard InChI is InChI=1S/C13H25NO2/c1-4-7-10(2)13(16)14(3)11-8-5-6-9-12(11)15/h10-12,15H,4-9H2,1-3H3. The molecule has 3 atom stereocenters. The fraction of sp³-hybridized carbons (Fsp3) is 0.923. The minimum atomic E-state index is -0.323. The number of carbonyl (C=O) groups excluding carboxylic acids is 1. The third-order valence-corrected chi connectivity index (χ3v) is 3.68. The summed E-state index contributed by atoms with van der Waals surface area (Å²) in [7, 11) is 1.84. The highest BCUT2D eigenvalue weighted by Gasteiger charge is 2.30. The Hall–Kier alpha value is -0.570. The summed E-state index contributed by atoms with van der Waals surface area (Å²) >= 11 is 0. The van der Waals surface area contributed by atoms with Crippen molar-refractivity contribution in [1.29, 1.82) is 0 Å². The largest absolute Gasteiger partial charge is 0.391 e. The molecule has 3 nitrogen and oxygen atoms in total. The minimum Gasteiger partial charge on any atom is -0.391 e. The second-order valence-corrected chi connectivity index (χ2v) is 5.06. The van der Waals surface area contributed by atoms with Gasteiger partial charge in [-0.1, -0.05) is 33.1 Å². The van der Waals surface area contributed by atoms with Gasteiger partial charge in [-0.2, -0.15) is 0 Å². The number of carbonyl (C=O) groups is 1. The van der Waals surface area contributed by atoms with Crippen LogP contribution in [0.2, 0.25) is 0 Å². The lowest BCUT2D eigenvalue weighted by molar-refractivity contribution is -0.139. The van der Waals surface area contributed by atoms with Crippen molar-refractivity contribution in [2.75, 3.05) is 7.05 Å². The van der Waals surface area contributed by atoms with Crippen LogP contribution in [-0.2, 0) is 4.79 Å². The lowest BCUT2D eigenvalue weighted by Crippen LogP contribution is -2.47. The van der Waals surface area contributed by atoms with Crippen molar-refractivity contribution in [3.8, 4) is 0 Å². The van der Waals surface area contributed by atoms with Crippen LogP contribution in [0.5, 0.6) is 0 Å². The van der Waals surface area contributed by atoms with Crippen LogP contribution < -0.4 is 0 Å². The predicted octanol–water partition coefficient (Wildman–Crippen LogP) is 2.18. The molecule has 1 aliphatic carbocycles. The normalized spacial score (nSPS) is 27.5. The Labute approximate surface area is 98.8 Å². The zero-order chi connectivity index (χ0) is 12.1. The van der Waals surface area contributed by atoms with Crippen LogP contribution in [0.15, 0.2) is 0 Å². The van der Waals surface area contributed by atoms with Crippen LogP contribution in [0.3, 0.4) is 0 Å². The Bertz CT molecular complexity index is 230. The van der Waals surface area contributed by atoms with Gasteiger partial charge < -0.3 is 10.0 Å². The second-order valence-electron chi connectivity index (χ2n) is 5.06. The van der Waals surface area contributed by atoms with E-state index in [-0.39, 0.29) is 24.0 Å². The van der Waals surface area contributed by atoms with E-state index in [2.05, 4.69) is 6.92 Å². The number of aliphatic hydroxyl groups excluding tert-OH is 1. The summed E-state index contributed by atoms with van der Waals surface area (Å²) in [6, 6.07) is 0.0422. The molecule has 0 aromatic carbocycles. The molecule has 1 rings (SSSR count). The Kier molecular flexibility index (Phi) is 5.26. The molecule has 0 radical (unpaired) electrons. The molecule has 0 heterocycles. The first-order valence-electron chi connectivity index (χ1n) is 6.52. The van der Waals surface area contributed by atoms with Gasteiger partial charge in [0.05, 0.1) is 12.1 Å². The van der Waals surface area contributed by atoms with Gasteiger partial charge in [-0.05, 0) is 19.3 Å². The van der Waals surface area contributed by atoms with E-state index in [1.54, 1.807) is 4.90 Å². The Morgan fingerprint density at radius 2 is 2.06 bits per heavy atom. The van der Waals surface area contributed by atoms with E-state index in [1.165, 1.54) is 0 Å². The number of likely N-dealkylation sites (N-methyl/N-ethyl adjacent to an activating group) is 1. The molecular formula is C13H25NO2. The SMILES string of the molecule is CCCC(C)C(=O)N(C)C1CCCCC1O. The van der Waals surface area contributed by atoms with Crippen molar-refractivity contribution in [3.63, 3.8) is 0 Å². The van der Waals surface area contributed by atoms with E-state index in [0.29, 0.717) is 0 Å². The van der Waals surface area contributed by atoms with Crippen molar-refractivity contribution in [1.82, 2.24) is 4.90 Å². The average molecular weight is 227 g/mol. The van der Waals surface area contributed by atoms with Crippen LogP contribution in [-0.4, -0.2) is 35.1 Å². The molecule has 0 spiro atoms. The highest BCUT2D eigenvalue weighted by molar-refractivity contribution is 5.78. The molecule has 0 aromatic rings. The van der Waals surface area contributed by atoms with E-state index in [0.717, 1.165) is 38.5 Å².